The van der Waals surface area contributed by atoms with E-state index in [4.69, 9.17) is 0 Å². The molecule has 0 aromatic heterocycles. The highest BCUT2D eigenvalue weighted by Gasteiger charge is 2.49. The highest BCUT2D eigenvalue weighted by molar-refractivity contribution is 6.02. The van der Waals surface area contributed by atoms with Gasteiger partial charge in [0.05, 0.1) is 19.1 Å². The van der Waals surface area contributed by atoms with E-state index in [1.807, 2.05) is 0 Å². The first-order valence-corrected chi connectivity index (χ1v) is 8.10. The van der Waals surface area contributed by atoms with Gasteiger partial charge in [-0.3, -0.25) is 14.4 Å². The third kappa shape index (κ3) is 5.31. The topological polar surface area (TPSA) is 69.7 Å². The smallest absolute Gasteiger partial charge is 0.320 e. The summed E-state index contributed by atoms with van der Waals surface area (Å²) >= 11 is 0. The SMILES string of the molecule is CCOC(=O)C(C(=O)OCC)C(C(F)F)C(F)C(=O)c1cccc(C)c1. The first kappa shape index (κ1) is 21.7. The van der Waals surface area contributed by atoms with E-state index < -0.39 is 42.2 Å². The molecule has 0 heterocycles. The lowest BCUT2D eigenvalue weighted by molar-refractivity contribution is -0.169. The Bertz CT molecular complexity index is 629. The summed E-state index contributed by atoms with van der Waals surface area (Å²) in [5.74, 6) is -8.69. The number of ketones is 1. The van der Waals surface area contributed by atoms with Crippen molar-refractivity contribution in [3.63, 3.8) is 0 Å². The average molecular weight is 374 g/mol. The average Bonchev–Trinajstić information content (AvgIpc) is 2.58. The fourth-order valence-corrected chi connectivity index (χ4v) is 2.45. The summed E-state index contributed by atoms with van der Waals surface area (Å²) in [5.41, 5.74) is 0.499. The van der Waals surface area contributed by atoms with Crippen LogP contribution in [0.5, 0.6) is 0 Å². The number of halogens is 3. The van der Waals surface area contributed by atoms with Gasteiger partial charge in [-0.2, -0.15) is 0 Å². The number of carbonyl (C=O) groups is 3. The summed E-state index contributed by atoms with van der Waals surface area (Å²) in [6, 6.07) is 5.73. The molecule has 0 fully saturated rings. The molecule has 0 aliphatic rings. The number of ether oxygens (including phenoxy) is 2. The Morgan fingerprint density at radius 2 is 1.54 bits per heavy atom. The summed E-state index contributed by atoms with van der Waals surface area (Å²) in [6.07, 6.45) is -6.24. The van der Waals surface area contributed by atoms with Crippen LogP contribution in [0, 0.1) is 18.8 Å². The number of carbonyl (C=O) groups excluding carboxylic acids is 3. The van der Waals surface area contributed by atoms with Gasteiger partial charge in [0, 0.05) is 5.56 Å². The van der Waals surface area contributed by atoms with Crippen molar-refractivity contribution >= 4 is 17.7 Å². The number of hydrogen-bond donors (Lipinski definition) is 0. The molecule has 0 radical (unpaired) electrons. The summed E-state index contributed by atoms with van der Waals surface area (Å²) < 4.78 is 51.0. The first-order chi connectivity index (χ1) is 12.2. The number of aryl methyl sites for hydroxylation is 1. The first-order valence-electron chi connectivity index (χ1n) is 8.10. The Kier molecular flexibility index (Phi) is 8.28. The van der Waals surface area contributed by atoms with E-state index in [1.165, 1.54) is 32.0 Å². The fourth-order valence-electron chi connectivity index (χ4n) is 2.45. The van der Waals surface area contributed by atoms with Gasteiger partial charge in [0.15, 0.2) is 17.9 Å². The molecule has 1 aromatic rings. The maximum atomic E-state index is 14.7. The van der Waals surface area contributed by atoms with Crippen LogP contribution in [-0.4, -0.2) is 43.5 Å². The van der Waals surface area contributed by atoms with Gasteiger partial charge in [-0.1, -0.05) is 23.8 Å². The van der Waals surface area contributed by atoms with Crippen molar-refractivity contribution in [2.24, 2.45) is 11.8 Å². The summed E-state index contributed by atoms with van der Waals surface area (Å²) in [5, 5.41) is 0. The van der Waals surface area contributed by atoms with Crippen LogP contribution >= 0.6 is 0 Å². The van der Waals surface area contributed by atoms with Gasteiger partial charge in [-0.25, -0.2) is 13.2 Å². The molecule has 2 atom stereocenters. The van der Waals surface area contributed by atoms with Gasteiger partial charge >= 0.3 is 11.9 Å². The second-order valence-electron chi connectivity index (χ2n) is 5.53. The van der Waals surface area contributed by atoms with Crippen LogP contribution in [-0.2, 0) is 19.1 Å². The van der Waals surface area contributed by atoms with E-state index in [-0.39, 0.29) is 18.8 Å². The van der Waals surface area contributed by atoms with Crippen molar-refractivity contribution in [1.82, 2.24) is 0 Å². The molecule has 2 unspecified atom stereocenters. The quantitative estimate of drug-likeness (QED) is 0.377. The second kappa shape index (κ2) is 9.94. The molecule has 144 valence electrons. The lowest BCUT2D eigenvalue weighted by Gasteiger charge is -2.25. The van der Waals surface area contributed by atoms with E-state index >= 15 is 0 Å². The Morgan fingerprint density at radius 1 is 1.00 bits per heavy atom. The van der Waals surface area contributed by atoms with Gasteiger partial charge in [-0.05, 0) is 26.8 Å². The molecule has 1 aromatic carbocycles. The summed E-state index contributed by atoms with van der Waals surface area (Å²) in [6.45, 7) is 4.06. The zero-order valence-corrected chi connectivity index (χ0v) is 14.7. The zero-order chi connectivity index (χ0) is 19.9. The summed E-state index contributed by atoms with van der Waals surface area (Å²) in [7, 11) is 0. The third-order valence-corrected chi connectivity index (χ3v) is 3.65. The van der Waals surface area contributed by atoms with Gasteiger partial charge in [0.2, 0.25) is 6.43 Å². The van der Waals surface area contributed by atoms with Gasteiger partial charge in [0.1, 0.15) is 0 Å². The normalized spacial score (nSPS) is 13.4. The van der Waals surface area contributed by atoms with Crippen LogP contribution in [0.15, 0.2) is 24.3 Å². The Morgan fingerprint density at radius 3 is 1.96 bits per heavy atom. The maximum Gasteiger partial charge on any atom is 0.320 e. The fraction of sp³-hybridized carbons (Fsp3) is 0.500. The molecule has 5 nitrogen and oxygen atoms in total. The van der Waals surface area contributed by atoms with E-state index in [2.05, 4.69) is 9.47 Å². The molecular weight excluding hydrogens is 353 g/mol. The van der Waals surface area contributed by atoms with Crippen LogP contribution in [0.1, 0.15) is 29.8 Å². The number of alkyl halides is 3. The summed E-state index contributed by atoms with van der Waals surface area (Å²) in [4.78, 5) is 36.3. The minimum absolute atomic E-state index is 0.130. The van der Waals surface area contributed by atoms with Crippen molar-refractivity contribution in [3.05, 3.63) is 35.4 Å². The van der Waals surface area contributed by atoms with Crippen molar-refractivity contribution < 1.29 is 37.0 Å². The second-order valence-corrected chi connectivity index (χ2v) is 5.53. The third-order valence-electron chi connectivity index (χ3n) is 3.65. The Labute approximate surface area is 149 Å². The van der Waals surface area contributed by atoms with Gasteiger partial charge in [0.25, 0.3) is 0 Å². The lowest BCUT2D eigenvalue weighted by atomic mass is 9.85. The van der Waals surface area contributed by atoms with Crippen molar-refractivity contribution in [2.45, 2.75) is 33.4 Å². The number of rotatable bonds is 9. The number of hydrogen-bond acceptors (Lipinski definition) is 5. The van der Waals surface area contributed by atoms with Crippen LogP contribution in [0.4, 0.5) is 13.2 Å². The predicted octanol–water partition coefficient (Wildman–Crippen LogP) is 3.14. The Balaban J connectivity index is 3.24. The minimum atomic E-state index is -3.46. The molecule has 0 bridgehead atoms. The molecule has 0 N–H and O–H groups in total. The lowest BCUT2D eigenvalue weighted by Crippen LogP contribution is -2.45. The molecule has 0 saturated heterocycles. The highest BCUT2D eigenvalue weighted by atomic mass is 19.3. The van der Waals surface area contributed by atoms with E-state index in [0.717, 1.165) is 0 Å². The van der Waals surface area contributed by atoms with Crippen LogP contribution in [0.25, 0.3) is 0 Å². The maximum absolute atomic E-state index is 14.7. The Hall–Kier alpha value is -2.38. The van der Waals surface area contributed by atoms with Crippen molar-refractivity contribution in [3.8, 4) is 0 Å². The van der Waals surface area contributed by atoms with E-state index in [9.17, 15) is 27.6 Å². The molecule has 0 aliphatic carbocycles. The monoisotopic (exact) mass is 374 g/mol. The zero-order valence-electron chi connectivity index (χ0n) is 14.7. The number of Topliss-reactive ketones (excluding diaryl/α,β-unsaturated/α-hetero) is 1. The van der Waals surface area contributed by atoms with Gasteiger partial charge < -0.3 is 9.47 Å². The van der Waals surface area contributed by atoms with Crippen LogP contribution in [0.2, 0.25) is 0 Å². The standard InChI is InChI=1S/C18H21F3O5/c1-4-25-17(23)13(18(24)26-5-2)12(16(20)21)14(19)15(22)11-8-6-7-10(3)9-11/h6-9,12-14,16H,4-5H2,1-3H3. The molecule has 26 heavy (non-hydrogen) atoms. The van der Waals surface area contributed by atoms with Crippen LogP contribution < -0.4 is 0 Å². The van der Waals surface area contributed by atoms with Gasteiger partial charge in [-0.15, -0.1) is 0 Å². The van der Waals surface area contributed by atoms with Crippen LogP contribution in [0.3, 0.4) is 0 Å². The predicted molar refractivity (Wildman–Crippen MR) is 86.7 cm³/mol. The molecular formula is C18H21F3O5. The van der Waals surface area contributed by atoms with Crippen molar-refractivity contribution in [1.29, 1.82) is 0 Å². The minimum Gasteiger partial charge on any atom is -0.465 e. The van der Waals surface area contributed by atoms with E-state index in [1.54, 1.807) is 13.0 Å². The molecule has 0 spiro atoms. The van der Waals surface area contributed by atoms with Crippen molar-refractivity contribution in [2.75, 3.05) is 13.2 Å². The molecule has 1 rings (SSSR count). The highest BCUT2D eigenvalue weighted by Crippen LogP contribution is 2.30. The largest absolute Gasteiger partial charge is 0.465 e. The molecule has 8 heteroatoms. The molecule has 0 amide bonds. The molecule has 0 saturated carbocycles. The number of esters is 2. The number of benzene rings is 1. The molecule has 0 aliphatic heterocycles. The van der Waals surface area contributed by atoms with E-state index in [0.29, 0.717) is 5.56 Å².